The van der Waals surface area contributed by atoms with Crippen LogP contribution in [0.3, 0.4) is 0 Å². The van der Waals surface area contributed by atoms with Crippen LogP contribution in [-0.4, -0.2) is 56.3 Å². The molecule has 2 aromatic rings. The Bertz CT molecular complexity index is 1170. The Balaban J connectivity index is 1.77. The fourth-order valence-corrected chi connectivity index (χ4v) is 4.83. The fraction of sp³-hybridized carbons (Fsp3) is 0.318. The number of benzene rings is 1. The smallest absolute Gasteiger partial charge is 0.355 e. The number of nitrogens with one attached hydrogen (secondary N) is 1. The number of para-hydroxylation sites is 1. The molecule has 0 aliphatic carbocycles. The predicted octanol–water partition coefficient (Wildman–Crippen LogP) is 2.31. The largest absolute Gasteiger partial charge is 0.462 e. The lowest BCUT2D eigenvalue weighted by atomic mass is 10.1. The molecule has 1 aromatic heterocycles. The SMILES string of the molecule is CCOC(=O)c1c(C)[nH]c(C(=O)OCC(=O)N(c2ccccc2)[C@H]2C=CS(=O)(=O)C2)c1C. The van der Waals surface area contributed by atoms with Crippen molar-refractivity contribution in [1.29, 1.82) is 0 Å². The van der Waals surface area contributed by atoms with Crippen LogP contribution in [0.25, 0.3) is 0 Å². The lowest BCUT2D eigenvalue weighted by Crippen LogP contribution is -2.43. The molecule has 32 heavy (non-hydrogen) atoms. The number of rotatable bonds is 7. The number of amides is 1. The van der Waals surface area contributed by atoms with E-state index < -0.39 is 40.3 Å². The van der Waals surface area contributed by atoms with E-state index in [0.717, 1.165) is 5.41 Å². The summed E-state index contributed by atoms with van der Waals surface area (Å²) in [5.74, 6) is -2.20. The molecular weight excluding hydrogens is 436 g/mol. The number of ether oxygens (including phenoxy) is 2. The molecule has 0 bridgehead atoms. The molecule has 0 unspecified atom stereocenters. The Hall–Kier alpha value is -3.40. The van der Waals surface area contributed by atoms with Crippen LogP contribution in [-0.2, 0) is 24.1 Å². The Morgan fingerprint density at radius 2 is 1.78 bits per heavy atom. The number of carbonyl (C=O) groups is 3. The van der Waals surface area contributed by atoms with Gasteiger partial charge in [0.25, 0.3) is 5.91 Å². The third-order valence-electron chi connectivity index (χ3n) is 4.99. The van der Waals surface area contributed by atoms with Gasteiger partial charge < -0.3 is 19.4 Å². The molecule has 1 aromatic carbocycles. The first-order chi connectivity index (χ1) is 15.1. The molecule has 0 saturated heterocycles. The maximum absolute atomic E-state index is 13.0. The van der Waals surface area contributed by atoms with Gasteiger partial charge in [-0.3, -0.25) is 4.79 Å². The number of carbonyl (C=O) groups excluding carboxylic acids is 3. The van der Waals surface area contributed by atoms with Crippen molar-refractivity contribution >= 4 is 33.4 Å². The number of hydrogen-bond donors (Lipinski definition) is 1. The minimum Gasteiger partial charge on any atom is -0.462 e. The van der Waals surface area contributed by atoms with Crippen molar-refractivity contribution in [3.63, 3.8) is 0 Å². The summed E-state index contributed by atoms with van der Waals surface area (Å²) in [5, 5.41) is 1.08. The van der Waals surface area contributed by atoms with Crippen LogP contribution in [0.15, 0.2) is 41.8 Å². The molecular formula is C22H24N2O7S. The summed E-state index contributed by atoms with van der Waals surface area (Å²) in [5.41, 5.74) is 1.59. The Kier molecular flexibility index (Phi) is 6.83. The minimum absolute atomic E-state index is 0.0490. The summed E-state index contributed by atoms with van der Waals surface area (Å²) in [6.07, 6.45) is 1.44. The zero-order valence-corrected chi connectivity index (χ0v) is 18.8. The van der Waals surface area contributed by atoms with Crippen molar-refractivity contribution in [3.8, 4) is 0 Å². The van der Waals surface area contributed by atoms with Gasteiger partial charge in [-0.05, 0) is 44.5 Å². The van der Waals surface area contributed by atoms with Crippen molar-refractivity contribution in [2.45, 2.75) is 26.8 Å². The van der Waals surface area contributed by atoms with Gasteiger partial charge in [0.1, 0.15) is 5.69 Å². The van der Waals surface area contributed by atoms with Gasteiger partial charge in [0, 0.05) is 16.8 Å². The van der Waals surface area contributed by atoms with Crippen molar-refractivity contribution in [2.75, 3.05) is 23.9 Å². The van der Waals surface area contributed by atoms with Crippen LogP contribution in [0.4, 0.5) is 5.69 Å². The van der Waals surface area contributed by atoms with Crippen molar-refractivity contribution in [1.82, 2.24) is 4.98 Å². The van der Waals surface area contributed by atoms with Gasteiger partial charge in [-0.15, -0.1) is 0 Å². The van der Waals surface area contributed by atoms with Crippen LogP contribution in [0.5, 0.6) is 0 Å². The standard InChI is InChI=1S/C22H24N2O7S/c1-4-30-21(26)19-14(2)20(23-15(19)3)22(27)31-12-18(25)24(16-8-6-5-7-9-16)17-10-11-32(28,29)13-17/h5-11,17,23H,4,12-13H2,1-3H3/t17-/m0/s1. The summed E-state index contributed by atoms with van der Waals surface area (Å²) >= 11 is 0. The first kappa shape index (κ1) is 23.3. The molecule has 1 amide bonds. The molecule has 1 aliphatic rings. The highest BCUT2D eigenvalue weighted by Gasteiger charge is 2.32. The maximum Gasteiger partial charge on any atom is 0.355 e. The second-order valence-electron chi connectivity index (χ2n) is 7.25. The highest BCUT2D eigenvalue weighted by atomic mass is 32.2. The first-order valence-corrected chi connectivity index (χ1v) is 11.7. The number of hydrogen-bond acceptors (Lipinski definition) is 7. The van der Waals surface area contributed by atoms with E-state index in [1.54, 1.807) is 51.1 Å². The van der Waals surface area contributed by atoms with Crippen molar-refractivity contribution in [3.05, 3.63) is 64.3 Å². The number of esters is 2. The van der Waals surface area contributed by atoms with Crippen LogP contribution in [0.1, 0.15) is 39.0 Å². The Labute approximate surface area is 185 Å². The number of aromatic nitrogens is 1. The Morgan fingerprint density at radius 3 is 2.38 bits per heavy atom. The van der Waals surface area contributed by atoms with Gasteiger partial charge >= 0.3 is 11.9 Å². The molecule has 3 rings (SSSR count). The van der Waals surface area contributed by atoms with Crippen LogP contribution in [0.2, 0.25) is 0 Å². The van der Waals surface area contributed by atoms with Gasteiger partial charge in [-0.1, -0.05) is 18.2 Å². The van der Waals surface area contributed by atoms with Gasteiger partial charge in [-0.25, -0.2) is 18.0 Å². The third kappa shape index (κ3) is 4.91. The molecule has 1 N–H and O–H groups in total. The van der Waals surface area contributed by atoms with E-state index in [1.807, 2.05) is 0 Å². The summed E-state index contributed by atoms with van der Waals surface area (Å²) in [6, 6.07) is 7.84. The summed E-state index contributed by atoms with van der Waals surface area (Å²) in [4.78, 5) is 41.8. The summed E-state index contributed by atoms with van der Waals surface area (Å²) in [7, 11) is -3.41. The molecule has 1 aliphatic heterocycles. The molecule has 0 saturated carbocycles. The number of nitrogens with zero attached hydrogens (tertiary/aromatic N) is 1. The number of anilines is 1. The molecule has 170 valence electrons. The highest BCUT2D eigenvalue weighted by Crippen LogP contribution is 2.23. The zero-order chi connectivity index (χ0) is 23.5. The van der Waals surface area contributed by atoms with E-state index in [9.17, 15) is 22.8 Å². The average Bonchev–Trinajstić information content (AvgIpc) is 3.25. The van der Waals surface area contributed by atoms with Gasteiger partial charge in [-0.2, -0.15) is 0 Å². The van der Waals surface area contributed by atoms with Gasteiger partial charge in [0.15, 0.2) is 16.4 Å². The zero-order valence-electron chi connectivity index (χ0n) is 18.0. The summed E-state index contributed by atoms with van der Waals surface area (Å²) < 4.78 is 34.0. The van der Waals surface area contributed by atoms with Crippen LogP contribution in [0, 0.1) is 13.8 Å². The number of H-pyrrole nitrogens is 1. The maximum atomic E-state index is 13.0. The third-order valence-corrected chi connectivity index (χ3v) is 6.37. The summed E-state index contributed by atoms with van der Waals surface area (Å²) in [6.45, 7) is 4.48. The molecule has 1 atom stereocenters. The van der Waals surface area contributed by atoms with E-state index in [1.165, 1.54) is 11.0 Å². The normalized spacial score (nSPS) is 16.5. The van der Waals surface area contributed by atoms with Gasteiger partial charge in [0.2, 0.25) is 0 Å². The quantitative estimate of drug-likeness (QED) is 0.629. The number of aromatic amines is 1. The van der Waals surface area contributed by atoms with Gasteiger partial charge in [0.05, 0.1) is 24.0 Å². The van der Waals surface area contributed by atoms with Crippen molar-refractivity contribution < 1.29 is 32.3 Å². The molecule has 2 heterocycles. The monoisotopic (exact) mass is 460 g/mol. The lowest BCUT2D eigenvalue weighted by Gasteiger charge is -2.27. The minimum atomic E-state index is -3.41. The second kappa shape index (κ2) is 9.39. The molecule has 9 nitrogen and oxygen atoms in total. The molecule has 0 spiro atoms. The molecule has 0 radical (unpaired) electrons. The van der Waals surface area contributed by atoms with E-state index in [4.69, 9.17) is 9.47 Å². The number of aryl methyl sites for hydroxylation is 1. The topological polar surface area (TPSA) is 123 Å². The Morgan fingerprint density at radius 1 is 1.09 bits per heavy atom. The highest BCUT2D eigenvalue weighted by molar-refractivity contribution is 7.94. The second-order valence-corrected chi connectivity index (χ2v) is 9.18. The predicted molar refractivity (Wildman–Crippen MR) is 117 cm³/mol. The van der Waals surface area contributed by atoms with E-state index >= 15 is 0 Å². The van der Waals surface area contributed by atoms with E-state index in [-0.39, 0.29) is 23.6 Å². The number of sulfone groups is 1. The molecule has 10 heteroatoms. The van der Waals surface area contributed by atoms with Crippen LogP contribution < -0.4 is 4.90 Å². The average molecular weight is 461 g/mol. The first-order valence-electron chi connectivity index (χ1n) is 9.96. The van der Waals surface area contributed by atoms with Crippen LogP contribution >= 0.6 is 0 Å². The van der Waals surface area contributed by atoms with E-state index in [2.05, 4.69) is 4.98 Å². The lowest BCUT2D eigenvalue weighted by molar-refractivity contribution is -0.121. The molecule has 0 fully saturated rings. The van der Waals surface area contributed by atoms with E-state index in [0.29, 0.717) is 16.9 Å². The van der Waals surface area contributed by atoms with Crippen molar-refractivity contribution in [2.24, 2.45) is 0 Å². The fourth-order valence-electron chi connectivity index (χ4n) is 3.56.